The van der Waals surface area contributed by atoms with E-state index in [1.54, 1.807) is 18.2 Å². The van der Waals surface area contributed by atoms with Crippen LogP contribution in [0, 0.1) is 5.82 Å². The van der Waals surface area contributed by atoms with Gasteiger partial charge in [0.15, 0.2) is 5.83 Å². The molecule has 0 heterocycles. The van der Waals surface area contributed by atoms with E-state index in [0.717, 1.165) is 11.6 Å². The molecule has 0 spiro atoms. The molecule has 0 aliphatic carbocycles. The predicted molar refractivity (Wildman–Crippen MR) is 125 cm³/mol. The maximum atomic E-state index is 13.2. The van der Waals surface area contributed by atoms with Gasteiger partial charge >= 0.3 is 0 Å². The minimum atomic E-state index is -0.982. The zero-order valence-electron chi connectivity index (χ0n) is 18.9. The lowest BCUT2D eigenvalue weighted by atomic mass is 10.0. The Hall–Kier alpha value is -3.28. The van der Waals surface area contributed by atoms with Gasteiger partial charge in [0.25, 0.3) is 5.91 Å². The lowest BCUT2D eigenvalue weighted by molar-refractivity contribution is -0.114. The highest BCUT2D eigenvalue weighted by atomic mass is 19.1. The van der Waals surface area contributed by atoms with Gasteiger partial charge in [0.05, 0.1) is 0 Å². The van der Waals surface area contributed by atoms with E-state index in [9.17, 15) is 18.4 Å². The van der Waals surface area contributed by atoms with Gasteiger partial charge < -0.3 is 10.6 Å². The summed E-state index contributed by atoms with van der Waals surface area (Å²) in [5.41, 5.74) is 2.71. The van der Waals surface area contributed by atoms with E-state index in [4.69, 9.17) is 0 Å². The number of hydrogen-bond donors (Lipinski definition) is 2. The van der Waals surface area contributed by atoms with E-state index in [-0.39, 0.29) is 11.7 Å². The molecule has 2 aromatic carbocycles. The third-order valence-corrected chi connectivity index (χ3v) is 3.97. The van der Waals surface area contributed by atoms with Crippen LogP contribution in [0.5, 0.6) is 0 Å². The van der Waals surface area contributed by atoms with Gasteiger partial charge in [0.2, 0.25) is 5.91 Å². The van der Waals surface area contributed by atoms with Crippen LogP contribution in [0.3, 0.4) is 0 Å². The SMILES string of the molecule is C=C(F)C(=O)Nc1cccc(C(C)C)c1.C=CC(=O)Nc1cccc(F)c1CC.CC. The Bertz CT molecular complexity index is 893. The van der Waals surface area contributed by atoms with Gasteiger partial charge in [-0.15, -0.1) is 0 Å². The first-order chi connectivity index (χ1) is 14.7. The number of anilines is 2. The van der Waals surface area contributed by atoms with Crippen LogP contribution in [0.15, 0.2) is 67.5 Å². The predicted octanol–water partition coefficient (Wildman–Crippen LogP) is 6.77. The summed E-state index contributed by atoms with van der Waals surface area (Å²) in [6.07, 6.45) is 1.70. The monoisotopic (exact) mass is 430 g/mol. The second kappa shape index (κ2) is 14.7. The van der Waals surface area contributed by atoms with Crippen LogP contribution in [0.25, 0.3) is 0 Å². The van der Waals surface area contributed by atoms with Crippen molar-refractivity contribution in [3.8, 4) is 0 Å². The maximum absolute atomic E-state index is 13.2. The molecule has 0 atom stereocenters. The molecule has 0 aromatic heterocycles. The number of carbonyl (C=O) groups is 2. The zero-order valence-corrected chi connectivity index (χ0v) is 18.9. The minimum Gasteiger partial charge on any atom is -0.322 e. The third kappa shape index (κ3) is 9.85. The van der Waals surface area contributed by atoms with Gasteiger partial charge in [-0.2, -0.15) is 0 Å². The van der Waals surface area contributed by atoms with Gasteiger partial charge in [-0.05, 0) is 48.2 Å². The standard InChI is InChI=1S/C12H14FNO.C11H12FNO.C2H6/c1-8(2)10-5-4-6-11(7-10)14-12(15)9(3)13;1-3-8-9(12)6-5-7-10(8)13-11(14)4-2;1-2/h4-8H,3H2,1-2H3,(H,14,15);4-7H,2-3H2,1H3,(H,13,14);1-2H3. The number of rotatable bonds is 6. The van der Waals surface area contributed by atoms with Crippen molar-refractivity contribution in [2.45, 2.75) is 47.0 Å². The molecular weight excluding hydrogens is 398 g/mol. The van der Waals surface area contributed by atoms with E-state index < -0.39 is 11.7 Å². The summed E-state index contributed by atoms with van der Waals surface area (Å²) in [5, 5.41) is 4.98. The van der Waals surface area contributed by atoms with Crippen LogP contribution in [-0.4, -0.2) is 11.8 Å². The number of benzene rings is 2. The van der Waals surface area contributed by atoms with Gasteiger partial charge in [-0.3, -0.25) is 9.59 Å². The van der Waals surface area contributed by atoms with E-state index in [1.807, 2.05) is 39.0 Å². The van der Waals surface area contributed by atoms with Crippen LogP contribution >= 0.6 is 0 Å². The van der Waals surface area contributed by atoms with Crippen LogP contribution in [-0.2, 0) is 16.0 Å². The molecule has 0 unspecified atom stereocenters. The highest BCUT2D eigenvalue weighted by molar-refractivity contribution is 6.01. The van der Waals surface area contributed by atoms with Crippen LogP contribution < -0.4 is 10.6 Å². The van der Waals surface area contributed by atoms with E-state index in [0.29, 0.717) is 29.3 Å². The van der Waals surface area contributed by atoms with Gasteiger partial charge in [-0.1, -0.05) is 66.0 Å². The molecule has 2 aromatic rings. The lowest BCUT2D eigenvalue weighted by Crippen LogP contribution is -2.11. The summed E-state index contributed by atoms with van der Waals surface area (Å²) in [4.78, 5) is 22.0. The smallest absolute Gasteiger partial charge is 0.283 e. The molecular formula is C25H32F2N2O2. The third-order valence-electron chi connectivity index (χ3n) is 3.97. The van der Waals surface area contributed by atoms with E-state index in [1.165, 1.54) is 6.07 Å². The van der Waals surface area contributed by atoms with Crippen molar-refractivity contribution in [2.75, 3.05) is 10.6 Å². The fraction of sp³-hybridized carbons (Fsp3) is 0.280. The minimum absolute atomic E-state index is 0.297. The topological polar surface area (TPSA) is 58.2 Å². The summed E-state index contributed by atoms with van der Waals surface area (Å²) >= 11 is 0. The van der Waals surface area contributed by atoms with Gasteiger partial charge in [-0.25, -0.2) is 8.78 Å². The number of halogens is 2. The van der Waals surface area contributed by atoms with Crippen molar-refractivity contribution in [1.82, 2.24) is 0 Å². The van der Waals surface area contributed by atoms with E-state index in [2.05, 4.69) is 37.6 Å². The Morgan fingerprint density at radius 3 is 2.23 bits per heavy atom. The molecule has 0 fully saturated rings. The molecule has 2 rings (SSSR count). The van der Waals surface area contributed by atoms with Gasteiger partial charge in [0, 0.05) is 16.9 Å². The largest absolute Gasteiger partial charge is 0.322 e. The molecule has 0 saturated carbocycles. The van der Waals surface area contributed by atoms with Crippen molar-refractivity contribution < 1.29 is 18.4 Å². The summed E-state index contributed by atoms with van der Waals surface area (Å²) in [6.45, 7) is 16.2. The molecule has 2 amide bonds. The number of carbonyl (C=O) groups excluding carboxylic acids is 2. The first-order valence-corrected chi connectivity index (χ1v) is 10.2. The Labute approximate surface area is 184 Å². The van der Waals surface area contributed by atoms with E-state index >= 15 is 0 Å². The molecule has 31 heavy (non-hydrogen) atoms. The second-order valence-corrected chi connectivity index (χ2v) is 6.45. The fourth-order valence-electron chi connectivity index (χ4n) is 2.39. The molecule has 0 bridgehead atoms. The molecule has 4 nitrogen and oxygen atoms in total. The molecule has 0 aliphatic rings. The molecule has 0 saturated heterocycles. The van der Waals surface area contributed by atoms with Crippen LogP contribution in [0.1, 0.15) is 51.7 Å². The molecule has 0 aliphatic heterocycles. The summed E-state index contributed by atoms with van der Waals surface area (Å²) < 4.78 is 25.7. The first kappa shape index (κ1) is 27.7. The summed E-state index contributed by atoms with van der Waals surface area (Å²) in [7, 11) is 0. The average molecular weight is 431 g/mol. The zero-order chi connectivity index (χ0) is 24.0. The molecule has 2 N–H and O–H groups in total. The average Bonchev–Trinajstić information content (AvgIpc) is 2.75. The van der Waals surface area contributed by atoms with Crippen molar-refractivity contribution in [3.05, 3.63) is 84.5 Å². The summed E-state index contributed by atoms with van der Waals surface area (Å²) in [6, 6.07) is 11.9. The highest BCUT2D eigenvalue weighted by Crippen LogP contribution is 2.20. The second-order valence-electron chi connectivity index (χ2n) is 6.45. The van der Waals surface area contributed by atoms with Crippen molar-refractivity contribution in [3.63, 3.8) is 0 Å². The van der Waals surface area contributed by atoms with Crippen molar-refractivity contribution in [2.24, 2.45) is 0 Å². The van der Waals surface area contributed by atoms with Gasteiger partial charge in [0.1, 0.15) is 5.82 Å². The molecule has 168 valence electrons. The van der Waals surface area contributed by atoms with Crippen LogP contribution in [0.2, 0.25) is 0 Å². The fourth-order valence-corrected chi connectivity index (χ4v) is 2.39. The Morgan fingerprint density at radius 2 is 1.71 bits per heavy atom. The highest BCUT2D eigenvalue weighted by Gasteiger charge is 2.08. The molecule has 6 heteroatoms. The first-order valence-electron chi connectivity index (χ1n) is 10.2. The quantitative estimate of drug-likeness (QED) is 0.497. The number of amides is 2. The van der Waals surface area contributed by atoms with Crippen molar-refractivity contribution in [1.29, 1.82) is 0 Å². The van der Waals surface area contributed by atoms with Crippen LogP contribution in [0.4, 0.5) is 20.2 Å². The number of nitrogens with one attached hydrogen (secondary N) is 2. The normalized spacial score (nSPS) is 9.42. The Balaban J connectivity index is 0.000000539. The lowest BCUT2D eigenvalue weighted by Gasteiger charge is -2.08. The molecule has 0 radical (unpaired) electrons. The number of hydrogen-bond acceptors (Lipinski definition) is 2. The maximum Gasteiger partial charge on any atom is 0.283 e. The van der Waals surface area contributed by atoms with Crippen molar-refractivity contribution >= 4 is 23.2 Å². The Kier molecular flexibility index (Phi) is 13.1. The Morgan fingerprint density at radius 1 is 1.10 bits per heavy atom. The summed E-state index contributed by atoms with van der Waals surface area (Å²) in [5.74, 6) is -2.03.